The van der Waals surface area contributed by atoms with Gasteiger partial charge in [-0.25, -0.2) is 4.68 Å². The maximum absolute atomic E-state index is 12.7. The largest absolute Gasteiger partial charge is 0.454 e. The maximum atomic E-state index is 12.7. The molecule has 3 heterocycles. The van der Waals surface area contributed by atoms with Crippen LogP contribution in [0.5, 0.6) is 0 Å². The van der Waals surface area contributed by atoms with Crippen molar-refractivity contribution in [1.82, 2.24) is 9.78 Å². The van der Waals surface area contributed by atoms with Crippen LogP contribution in [0.1, 0.15) is 27.4 Å². The number of aryl methyl sites for hydroxylation is 2. The zero-order chi connectivity index (χ0) is 25.1. The normalized spacial score (nSPS) is 13.6. The number of aromatic nitrogens is 2. The number of hydrogen-bond acceptors (Lipinski definition) is 6. The van der Waals surface area contributed by atoms with Crippen LogP contribution >= 0.6 is 0 Å². The topological polar surface area (TPSA) is 83.6 Å². The van der Waals surface area contributed by atoms with Crippen molar-refractivity contribution in [2.24, 2.45) is 0 Å². The van der Waals surface area contributed by atoms with Crippen molar-refractivity contribution in [2.75, 3.05) is 41.3 Å². The Bertz CT molecular complexity index is 1420. The lowest BCUT2D eigenvalue weighted by atomic mass is 10.1. The van der Waals surface area contributed by atoms with E-state index in [1.54, 1.807) is 18.2 Å². The van der Waals surface area contributed by atoms with Crippen LogP contribution in [-0.2, 0) is 6.54 Å². The Kier molecular flexibility index (Phi) is 6.58. The standard InChI is InChI=1S/C28H29N5O3/c1-20-8-10-24(21(2)18-20)29-28(35)25-11-9-23(36-25)19-33-27(34)13-12-26(30-33)32-16-14-31(15-17-32)22-6-4-3-5-7-22/h3-13,18H,14-17,19H2,1-2H3,(H,29,35). The third-order valence-electron chi connectivity index (χ3n) is 6.40. The first-order chi connectivity index (χ1) is 17.5. The molecule has 36 heavy (non-hydrogen) atoms. The highest BCUT2D eigenvalue weighted by atomic mass is 16.4. The number of rotatable bonds is 6. The number of hydrogen-bond donors (Lipinski definition) is 1. The van der Waals surface area contributed by atoms with Gasteiger partial charge in [-0.1, -0.05) is 35.9 Å². The molecule has 1 aliphatic heterocycles. The van der Waals surface area contributed by atoms with Crippen molar-refractivity contribution in [2.45, 2.75) is 20.4 Å². The molecule has 0 bridgehead atoms. The molecular weight excluding hydrogens is 454 g/mol. The van der Waals surface area contributed by atoms with E-state index in [2.05, 4.69) is 32.3 Å². The Labute approximate surface area is 209 Å². The molecule has 1 saturated heterocycles. The van der Waals surface area contributed by atoms with E-state index in [-0.39, 0.29) is 23.8 Å². The van der Waals surface area contributed by atoms with E-state index >= 15 is 0 Å². The van der Waals surface area contributed by atoms with Gasteiger partial charge >= 0.3 is 0 Å². The van der Waals surface area contributed by atoms with E-state index in [0.29, 0.717) is 5.76 Å². The molecule has 1 fully saturated rings. The van der Waals surface area contributed by atoms with Gasteiger partial charge in [-0.3, -0.25) is 9.59 Å². The summed E-state index contributed by atoms with van der Waals surface area (Å²) in [5.74, 6) is 1.09. The Morgan fingerprint density at radius 3 is 2.42 bits per heavy atom. The minimum absolute atomic E-state index is 0.146. The summed E-state index contributed by atoms with van der Waals surface area (Å²) in [5.41, 5.74) is 3.84. The van der Waals surface area contributed by atoms with Crippen LogP contribution in [0.2, 0.25) is 0 Å². The lowest BCUT2D eigenvalue weighted by Crippen LogP contribution is -2.47. The summed E-state index contributed by atoms with van der Waals surface area (Å²) < 4.78 is 7.14. The molecule has 4 aromatic rings. The average Bonchev–Trinajstić information content (AvgIpc) is 3.36. The van der Waals surface area contributed by atoms with E-state index in [0.717, 1.165) is 48.8 Å². The molecule has 1 aliphatic rings. The molecular formula is C28H29N5O3. The minimum atomic E-state index is -0.335. The third-order valence-corrected chi connectivity index (χ3v) is 6.40. The van der Waals surface area contributed by atoms with Crippen LogP contribution in [-0.4, -0.2) is 41.9 Å². The predicted molar refractivity (Wildman–Crippen MR) is 141 cm³/mol. The second-order valence-corrected chi connectivity index (χ2v) is 9.04. The zero-order valence-corrected chi connectivity index (χ0v) is 20.5. The zero-order valence-electron chi connectivity index (χ0n) is 20.5. The van der Waals surface area contributed by atoms with Gasteiger partial charge in [0, 0.05) is 43.6 Å². The summed E-state index contributed by atoms with van der Waals surface area (Å²) in [6.07, 6.45) is 0. The number of carbonyl (C=O) groups excluding carboxylic acids is 1. The Morgan fingerprint density at radius 2 is 1.67 bits per heavy atom. The minimum Gasteiger partial charge on any atom is -0.454 e. The Morgan fingerprint density at radius 1 is 0.917 bits per heavy atom. The van der Waals surface area contributed by atoms with Gasteiger partial charge in [-0.2, -0.15) is 5.10 Å². The molecule has 2 aromatic heterocycles. The quantitative estimate of drug-likeness (QED) is 0.445. The van der Waals surface area contributed by atoms with Gasteiger partial charge < -0.3 is 19.5 Å². The number of piperazine rings is 1. The number of benzene rings is 2. The fraction of sp³-hybridized carbons (Fsp3) is 0.250. The first kappa shape index (κ1) is 23.4. The molecule has 0 unspecified atom stereocenters. The molecule has 8 nitrogen and oxygen atoms in total. The molecule has 0 atom stereocenters. The summed E-state index contributed by atoms with van der Waals surface area (Å²) >= 11 is 0. The first-order valence-electron chi connectivity index (χ1n) is 12.1. The number of nitrogens with zero attached hydrogens (tertiary/aromatic N) is 4. The van der Waals surface area contributed by atoms with Crippen LogP contribution in [0.3, 0.4) is 0 Å². The third kappa shape index (κ3) is 5.17. The maximum Gasteiger partial charge on any atom is 0.291 e. The molecule has 1 amide bonds. The van der Waals surface area contributed by atoms with E-state index in [9.17, 15) is 9.59 Å². The highest BCUT2D eigenvalue weighted by molar-refractivity contribution is 6.02. The molecule has 0 spiro atoms. The SMILES string of the molecule is Cc1ccc(NC(=O)c2ccc(Cn3nc(N4CCN(c5ccccc5)CC4)ccc3=O)o2)c(C)c1. The van der Waals surface area contributed by atoms with Crippen molar-refractivity contribution < 1.29 is 9.21 Å². The predicted octanol–water partition coefficient (Wildman–Crippen LogP) is 4.08. The van der Waals surface area contributed by atoms with Crippen LogP contribution in [0, 0.1) is 13.8 Å². The molecule has 5 rings (SSSR count). The number of anilines is 3. The van der Waals surface area contributed by atoms with Gasteiger partial charge in [-0.15, -0.1) is 0 Å². The molecule has 2 aromatic carbocycles. The lowest BCUT2D eigenvalue weighted by Gasteiger charge is -2.36. The van der Waals surface area contributed by atoms with E-state index in [1.807, 2.05) is 50.2 Å². The molecule has 8 heteroatoms. The van der Waals surface area contributed by atoms with Gasteiger partial charge in [0.25, 0.3) is 11.5 Å². The van der Waals surface area contributed by atoms with Crippen LogP contribution in [0.4, 0.5) is 17.2 Å². The van der Waals surface area contributed by atoms with Gasteiger partial charge in [0.15, 0.2) is 5.76 Å². The molecule has 0 radical (unpaired) electrons. The average molecular weight is 484 g/mol. The van der Waals surface area contributed by atoms with Gasteiger partial charge in [0.1, 0.15) is 18.1 Å². The monoisotopic (exact) mass is 483 g/mol. The lowest BCUT2D eigenvalue weighted by molar-refractivity contribution is 0.0994. The fourth-order valence-electron chi connectivity index (χ4n) is 4.42. The van der Waals surface area contributed by atoms with E-state index < -0.39 is 0 Å². The smallest absolute Gasteiger partial charge is 0.291 e. The second kappa shape index (κ2) is 10.1. The van der Waals surface area contributed by atoms with Gasteiger partial charge in [-0.05, 0) is 55.8 Å². The highest BCUT2D eigenvalue weighted by Crippen LogP contribution is 2.20. The fourth-order valence-corrected chi connectivity index (χ4v) is 4.42. The van der Waals surface area contributed by atoms with Crippen LogP contribution in [0.15, 0.2) is 82.0 Å². The first-order valence-corrected chi connectivity index (χ1v) is 12.1. The van der Waals surface area contributed by atoms with Crippen LogP contribution in [0.25, 0.3) is 0 Å². The second-order valence-electron chi connectivity index (χ2n) is 9.04. The van der Waals surface area contributed by atoms with Crippen molar-refractivity contribution in [1.29, 1.82) is 0 Å². The van der Waals surface area contributed by atoms with Crippen molar-refractivity contribution >= 4 is 23.1 Å². The summed E-state index contributed by atoms with van der Waals surface area (Å²) in [4.78, 5) is 29.7. The summed E-state index contributed by atoms with van der Waals surface area (Å²) in [7, 11) is 0. The van der Waals surface area contributed by atoms with Crippen molar-refractivity contribution in [3.05, 3.63) is 106 Å². The number of amides is 1. The molecule has 0 aliphatic carbocycles. The number of carbonyl (C=O) groups is 1. The molecule has 1 N–H and O–H groups in total. The summed E-state index contributed by atoms with van der Waals surface area (Å²) in [6, 6.07) is 22.8. The number of furan rings is 1. The Balaban J connectivity index is 1.24. The highest BCUT2D eigenvalue weighted by Gasteiger charge is 2.19. The Hall–Kier alpha value is -4.33. The van der Waals surface area contributed by atoms with Crippen molar-refractivity contribution in [3.8, 4) is 0 Å². The van der Waals surface area contributed by atoms with E-state index in [4.69, 9.17) is 4.42 Å². The van der Waals surface area contributed by atoms with Crippen molar-refractivity contribution in [3.63, 3.8) is 0 Å². The van der Waals surface area contributed by atoms with Gasteiger partial charge in [0.2, 0.25) is 0 Å². The summed E-state index contributed by atoms with van der Waals surface area (Å²) in [6.45, 7) is 7.47. The number of para-hydroxylation sites is 1. The van der Waals surface area contributed by atoms with Gasteiger partial charge in [0.05, 0.1) is 0 Å². The number of nitrogens with one attached hydrogen (secondary N) is 1. The van der Waals surface area contributed by atoms with Crippen LogP contribution < -0.4 is 20.7 Å². The molecule has 0 saturated carbocycles. The summed E-state index contributed by atoms with van der Waals surface area (Å²) in [5, 5.41) is 7.46. The molecule has 184 valence electrons. The van der Waals surface area contributed by atoms with E-state index in [1.165, 1.54) is 16.4 Å².